The number of fused-ring (bicyclic) bond motifs is 1. The summed E-state index contributed by atoms with van der Waals surface area (Å²) in [6, 6.07) is 13.5. The van der Waals surface area contributed by atoms with Crippen LogP contribution in [0.1, 0.15) is 21.6 Å². The third-order valence-electron chi connectivity index (χ3n) is 4.54. The van der Waals surface area contributed by atoms with Gasteiger partial charge >= 0.3 is 10.2 Å². The van der Waals surface area contributed by atoms with E-state index in [2.05, 4.69) is 5.32 Å². The van der Waals surface area contributed by atoms with Gasteiger partial charge in [0.25, 0.3) is 5.69 Å². The number of aryl methyl sites for hydroxylation is 1. The summed E-state index contributed by atoms with van der Waals surface area (Å²) in [7, 11) is 0. The molecule has 7 nitrogen and oxygen atoms in total. The number of nitro groups is 1. The third kappa shape index (κ3) is 4.92. The van der Waals surface area contributed by atoms with Crippen LogP contribution in [0.4, 0.5) is 11.4 Å². The number of hydrogen-bond donors (Lipinski definition) is 1. The van der Waals surface area contributed by atoms with E-state index in [9.17, 15) is 19.7 Å². The molecule has 0 aliphatic carbocycles. The van der Waals surface area contributed by atoms with E-state index in [1.54, 1.807) is 22.8 Å². The third-order valence-corrected chi connectivity index (χ3v) is 6.72. The summed E-state index contributed by atoms with van der Waals surface area (Å²) in [5, 5.41) is 15.5. The zero-order valence-electron chi connectivity index (χ0n) is 16.2. The number of thioether (sulfide) groups is 1. The summed E-state index contributed by atoms with van der Waals surface area (Å²) in [4.78, 5) is 36.2. The molecular weight excluding hydrogens is 502 g/mol. The molecule has 1 aromatic heterocycles. The zero-order valence-corrected chi connectivity index (χ0v) is 19.4. The molecular formula is C21H16BrN3O4S2. The van der Waals surface area contributed by atoms with Crippen LogP contribution in [0, 0.1) is 17.0 Å². The molecule has 3 aromatic rings. The minimum Gasteiger partial charge on any atom is -1.00 e. The largest absolute Gasteiger partial charge is 1.00 e. The predicted octanol–water partition coefficient (Wildman–Crippen LogP) is 1.22. The maximum atomic E-state index is 12.9. The summed E-state index contributed by atoms with van der Waals surface area (Å²) in [5.41, 5.74) is 3.04. The number of allylic oxidation sites excluding steroid dienone is 1. The Labute approximate surface area is 196 Å². The van der Waals surface area contributed by atoms with Gasteiger partial charge in [0.2, 0.25) is 11.6 Å². The maximum absolute atomic E-state index is 12.9. The topological polar surface area (TPSA) is 93.2 Å². The van der Waals surface area contributed by atoms with Crippen LogP contribution < -0.4 is 26.9 Å². The monoisotopic (exact) mass is 517 g/mol. The number of benzene rings is 2. The molecule has 158 valence electrons. The fourth-order valence-corrected chi connectivity index (χ4v) is 5.19. The van der Waals surface area contributed by atoms with Crippen molar-refractivity contribution < 1.29 is 36.1 Å². The molecule has 0 atom stereocenters. The molecule has 0 saturated heterocycles. The molecule has 4 rings (SSSR count). The first-order valence-electron chi connectivity index (χ1n) is 8.99. The molecule has 1 aliphatic rings. The highest BCUT2D eigenvalue weighted by Crippen LogP contribution is 2.36. The molecule has 0 bridgehead atoms. The van der Waals surface area contributed by atoms with Crippen molar-refractivity contribution in [2.45, 2.75) is 17.7 Å². The Morgan fingerprint density at radius 3 is 2.58 bits per heavy atom. The van der Waals surface area contributed by atoms with Crippen LogP contribution in [-0.4, -0.2) is 16.7 Å². The number of carbonyl (C=O) groups is 2. The van der Waals surface area contributed by atoms with Crippen molar-refractivity contribution in [3.8, 4) is 0 Å². The maximum Gasteiger partial charge on any atom is 0.433 e. The standard InChI is InChI=1S/C21H15N3O4S2.BrH/c1-13-4-2-3-5-17(13)22-19(25)11-16-12-29-21-23(16)20(26)18(30-21)10-14-6-8-15(9-7-14)24(27)28;/h2-10,12H,11H2,1H3;1H/b18-10-;. The van der Waals surface area contributed by atoms with Gasteiger partial charge in [0.15, 0.2) is 0 Å². The van der Waals surface area contributed by atoms with E-state index >= 15 is 0 Å². The molecule has 0 fully saturated rings. The summed E-state index contributed by atoms with van der Waals surface area (Å²) in [5.74, 6) is -0.392. The minimum absolute atomic E-state index is 0. The van der Waals surface area contributed by atoms with Gasteiger partial charge in [-0.1, -0.05) is 29.5 Å². The average Bonchev–Trinajstić information content (AvgIpc) is 3.24. The molecule has 2 aromatic carbocycles. The highest BCUT2D eigenvalue weighted by Gasteiger charge is 2.40. The minimum atomic E-state index is -0.464. The number of halogens is 1. The van der Waals surface area contributed by atoms with Gasteiger partial charge in [-0.15, -0.1) is 4.57 Å². The molecule has 0 saturated carbocycles. The molecule has 1 amide bonds. The van der Waals surface area contributed by atoms with Gasteiger partial charge in [-0.25, -0.2) is 4.79 Å². The number of hydrogen-bond acceptors (Lipinski definition) is 6. The average molecular weight is 518 g/mol. The van der Waals surface area contributed by atoms with Gasteiger partial charge in [0, 0.05) is 29.6 Å². The number of thiazole rings is 1. The number of nitrogens with zero attached hydrogens (tertiary/aromatic N) is 2. The van der Waals surface area contributed by atoms with Crippen LogP contribution in [0.5, 0.6) is 0 Å². The van der Waals surface area contributed by atoms with E-state index in [0.29, 0.717) is 16.2 Å². The summed E-state index contributed by atoms with van der Waals surface area (Å²) < 4.78 is 2.34. The van der Waals surface area contributed by atoms with Crippen LogP contribution in [0.25, 0.3) is 6.08 Å². The van der Waals surface area contributed by atoms with Crippen molar-refractivity contribution in [3.63, 3.8) is 0 Å². The van der Waals surface area contributed by atoms with E-state index in [1.807, 2.05) is 36.6 Å². The lowest BCUT2D eigenvalue weighted by atomic mass is 10.2. The Morgan fingerprint density at radius 1 is 1.19 bits per heavy atom. The van der Waals surface area contributed by atoms with E-state index in [1.165, 1.54) is 35.2 Å². The number of non-ortho nitro benzene ring substituents is 1. The lowest BCUT2D eigenvalue weighted by molar-refractivity contribution is -0.607. The van der Waals surface area contributed by atoms with Crippen molar-refractivity contribution in [2.24, 2.45) is 0 Å². The highest BCUT2D eigenvalue weighted by atomic mass is 79.9. The fraction of sp³-hybridized carbons (Fsp3) is 0.0952. The number of nitrogens with one attached hydrogen (secondary N) is 1. The highest BCUT2D eigenvalue weighted by molar-refractivity contribution is 8.05. The second-order valence-corrected chi connectivity index (χ2v) is 8.78. The van der Waals surface area contributed by atoms with E-state index < -0.39 is 4.92 Å². The normalized spacial score (nSPS) is 13.6. The van der Waals surface area contributed by atoms with E-state index in [0.717, 1.165) is 15.6 Å². The van der Waals surface area contributed by atoms with Crippen LogP contribution in [0.3, 0.4) is 0 Å². The smallest absolute Gasteiger partial charge is 0.433 e. The molecule has 0 radical (unpaired) electrons. The van der Waals surface area contributed by atoms with Crippen molar-refractivity contribution in [2.75, 3.05) is 5.32 Å². The number of nitro benzene ring substituents is 1. The number of amides is 1. The molecule has 10 heteroatoms. The van der Waals surface area contributed by atoms with Crippen LogP contribution in [0.15, 0.2) is 63.2 Å². The molecule has 31 heavy (non-hydrogen) atoms. The fourth-order valence-electron chi connectivity index (χ4n) is 3.00. The van der Waals surface area contributed by atoms with Crippen molar-refractivity contribution in [1.29, 1.82) is 0 Å². The first-order valence-corrected chi connectivity index (χ1v) is 10.7. The second-order valence-electron chi connectivity index (χ2n) is 6.63. The van der Waals surface area contributed by atoms with Crippen LogP contribution in [-0.2, 0) is 11.2 Å². The summed E-state index contributed by atoms with van der Waals surface area (Å²) >= 11 is 2.74. The lowest BCUT2D eigenvalue weighted by Gasteiger charge is -2.06. The van der Waals surface area contributed by atoms with Crippen LogP contribution >= 0.6 is 23.1 Å². The number of anilines is 1. The Kier molecular flexibility index (Phi) is 7.04. The second kappa shape index (κ2) is 9.54. The van der Waals surface area contributed by atoms with Gasteiger partial charge in [-0.2, -0.15) is 0 Å². The van der Waals surface area contributed by atoms with Gasteiger partial charge in [0.05, 0.1) is 10.3 Å². The Hall–Kier alpha value is -2.82. The van der Waals surface area contributed by atoms with Gasteiger partial charge in [-0.3, -0.25) is 14.9 Å². The molecule has 2 heterocycles. The molecule has 1 aliphatic heterocycles. The first kappa shape index (κ1) is 22.9. The van der Waals surface area contributed by atoms with E-state index in [-0.39, 0.29) is 40.9 Å². The lowest BCUT2D eigenvalue weighted by Crippen LogP contribution is -3.00. The molecule has 0 spiro atoms. The Balaban J connectivity index is 0.00000272. The number of para-hydroxylation sites is 1. The van der Waals surface area contributed by atoms with Crippen molar-refractivity contribution in [1.82, 2.24) is 0 Å². The number of rotatable bonds is 5. The van der Waals surface area contributed by atoms with Crippen LogP contribution in [0.2, 0.25) is 0 Å². The Bertz CT molecular complexity index is 1210. The quantitative estimate of drug-likeness (QED) is 0.238. The zero-order chi connectivity index (χ0) is 21.3. The molecule has 1 N–H and O–H groups in total. The summed E-state index contributed by atoms with van der Waals surface area (Å²) in [6.45, 7) is 1.92. The van der Waals surface area contributed by atoms with Gasteiger partial charge < -0.3 is 22.3 Å². The Morgan fingerprint density at radius 2 is 1.90 bits per heavy atom. The van der Waals surface area contributed by atoms with E-state index in [4.69, 9.17) is 0 Å². The summed E-state index contributed by atoms with van der Waals surface area (Å²) in [6.07, 6.45) is 1.79. The first-order chi connectivity index (χ1) is 14.4. The van der Waals surface area contributed by atoms with Gasteiger partial charge in [-0.05, 0) is 42.3 Å². The van der Waals surface area contributed by atoms with Gasteiger partial charge in [0.1, 0.15) is 11.3 Å². The van der Waals surface area contributed by atoms with Crippen molar-refractivity contribution >= 4 is 52.4 Å². The predicted molar refractivity (Wildman–Crippen MR) is 116 cm³/mol. The van der Waals surface area contributed by atoms with Crippen molar-refractivity contribution in [3.05, 3.63) is 85.8 Å². The number of carbonyl (C=O) groups excluding carboxylic acids is 2. The number of aromatic nitrogens is 1. The SMILES string of the molecule is Cc1ccccc1NC(=O)Cc1csc2[n+]1C(=O)/C(=C/c1ccc([N+](=O)[O-])cc1)S2.[Br-]. The molecule has 0 unspecified atom stereocenters.